The van der Waals surface area contributed by atoms with Crippen molar-refractivity contribution in [2.75, 3.05) is 54.0 Å². The zero-order chi connectivity index (χ0) is 35.2. The molecule has 0 aliphatic heterocycles. The second-order valence-corrected chi connectivity index (χ2v) is 12.4. The maximum Gasteiger partial charge on any atom is 0.0577 e. The first-order valence-electron chi connectivity index (χ1n) is 18.5. The van der Waals surface area contributed by atoms with Crippen LogP contribution in [-0.2, 0) is 0 Å². The molecule has 0 heterocycles. The van der Waals surface area contributed by atoms with Crippen LogP contribution in [0, 0.1) is 0 Å². The monoisotopic (exact) mass is 654 g/mol. The summed E-state index contributed by atoms with van der Waals surface area (Å²) in [5.74, 6) is 0. The van der Waals surface area contributed by atoms with E-state index in [0.29, 0.717) is 6.04 Å². The fraction of sp³-hybridized carbons (Fsp3) is 0.356. The van der Waals surface area contributed by atoms with Gasteiger partial charge >= 0.3 is 0 Å². The average molecular weight is 655 g/mol. The van der Waals surface area contributed by atoms with Crippen LogP contribution in [0.25, 0.3) is 11.1 Å². The molecule has 0 radical (unpaired) electrons. The van der Waals surface area contributed by atoms with Crippen LogP contribution in [0.3, 0.4) is 0 Å². The summed E-state index contributed by atoms with van der Waals surface area (Å²) in [6.07, 6.45) is 16.5. The van der Waals surface area contributed by atoms with Crippen LogP contribution >= 0.6 is 0 Å². The number of hydrogen-bond donors (Lipinski definition) is 0. The normalized spacial score (nSPS) is 13.1. The zero-order valence-electron chi connectivity index (χ0n) is 31.3. The lowest BCUT2D eigenvalue weighted by atomic mass is 9.94. The summed E-state index contributed by atoms with van der Waals surface area (Å²) in [5.41, 5.74) is 12.0. The van der Waals surface area contributed by atoms with Gasteiger partial charge in [0.25, 0.3) is 0 Å². The second kappa shape index (κ2) is 18.8. The van der Waals surface area contributed by atoms with Gasteiger partial charge in [0.2, 0.25) is 0 Å². The van der Waals surface area contributed by atoms with Crippen LogP contribution in [0.15, 0.2) is 126 Å². The molecule has 1 aliphatic rings. The Morgan fingerprint density at radius 2 is 0.939 bits per heavy atom. The first-order valence-corrected chi connectivity index (χ1v) is 18.5. The summed E-state index contributed by atoms with van der Waals surface area (Å²) < 4.78 is 0. The third-order valence-electron chi connectivity index (χ3n) is 9.59. The minimum atomic E-state index is 0.313. The van der Waals surface area contributed by atoms with Crippen LogP contribution in [0.4, 0.5) is 17.1 Å². The molecule has 258 valence electrons. The first kappa shape index (κ1) is 37.3. The molecule has 4 nitrogen and oxygen atoms in total. The molecule has 0 saturated carbocycles. The number of benzene rings is 3. The maximum absolute atomic E-state index is 4.86. The summed E-state index contributed by atoms with van der Waals surface area (Å²) in [6, 6.07) is 27.4. The lowest BCUT2D eigenvalue weighted by molar-refractivity contribution is 0.718. The van der Waals surface area contributed by atoms with Crippen molar-refractivity contribution in [1.82, 2.24) is 0 Å². The number of rotatable bonds is 16. The minimum Gasteiger partial charge on any atom is -0.372 e. The van der Waals surface area contributed by atoms with Gasteiger partial charge in [0.1, 0.15) is 0 Å². The van der Waals surface area contributed by atoms with E-state index in [-0.39, 0.29) is 0 Å². The standard InChI is InChI=1S/C45H58N4/c1-9-35(8)46-40-27-19-36(20-28-40)44(37-21-29-41(30-22-37)47(10-2)11-3)17-16-18-45(38-23-31-42(32-24-38)48(12-4)13-5)39-25-33-43(34-26-39)49(14-6)15-7/h16-35H,9-15H2,1-8H3. The maximum atomic E-state index is 4.86. The van der Waals surface area contributed by atoms with Gasteiger partial charge in [-0.25, -0.2) is 0 Å². The van der Waals surface area contributed by atoms with Crippen molar-refractivity contribution in [2.24, 2.45) is 4.99 Å². The zero-order valence-corrected chi connectivity index (χ0v) is 31.3. The number of aliphatic imine (C=N–C) groups is 1. The van der Waals surface area contributed by atoms with Crippen molar-refractivity contribution in [3.05, 3.63) is 138 Å². The third-order valence-corrected chi connectivity index (χ3v) is 9.59. The highest BCUT2D eigenvalue weighted by Crippen LogP contribution is 2.30. The van der Waals surface area contributed by atoms with Crippen molar-refractivity contribution in [3.63, 3.8) is 0 Å². The van der Waals surface area contributed by atoms with E-state index in [1.807, 2.05) is 0 Å². The van der Waals surface area contributed by atoms with Crippen molar-refractivity contribution >= 4 is 33.9 Å². The number of nitrogens with zero attached hydrogens (tertiary/aromatic N) is 4. The molecule has 4 rings (SSSR count). The van der Waals surface area contributed by atoms with Crippen molar-refractivity contribution in [2.45, 2.75) is 67.9 Å². The summed E-state index contributed by atoms with van der Waals surface area (Å²) in [4.78, 5) is 12.0. The summed E-state index contributed by atoms with van der Waals surface area (Å²) in [7, 11) is 0. The lowest BCUT2D eigenvalue weighted by Gasteiger charge is -2.22. The van der Waals surface area contributed by atoms with Gasteiger partial charge in [0, 0.05) is 62.4 Å². The van der Waals surface area contributed by atoms with Crippen LogP contribution in [-0.4, -0.2) is 51.0 Å². The van der Waals surface area contributed by atoms with Gasteiger partial charge in [-0.3, -0.25) is 4.99 Å². The fourth-order valence-corrected chi connectivity index (χ4v) is 6.35. The van der Waals surface area contributed by atoms with E-state index in [2.05, 4.69) is 185 Å². The van der Waals surface area contributed by atoms with Gasteiger partial charge in [0.15, 0.2) is 0 Å². The Morgan fingerprint density at radius 3 is 1.31 bits per heavy atom. The molecule has 0 N–H and O–H groups in total. The first-order chi connectivity index (χ1) is 23.9. The largest absolute Gasteiger partial charge is 0.372 e. The van der Waals surface area contributed by atoms with Gasteiger partial charge in [-0.15, -0.1) is 0 Å². The Labute approximate surface area is 297 Å². The van der Waals surface area contributed by atoms with Crippen LogP contribution in [0.2, 0.25) is 0 Å². The molecule has 0 aromatic heterocycles. The quantitative estimate of drug-likeness (QED) is 0.144. The molecule has 0 bridgehead atoms. The van der Waals surface area contributed by atoms with E-state index in [4.69, 9.17) is 4.99 Å². The molecule has 49 heavy (non-hydrogen) atoms. The molecule has 1 atom stereocenters. The smallest absolute Gasteiger partial charge is 0.0577 e. The van der Waals surface area contributed by atoms with Crippen molar-refractivity contribution in [1.29, 1.82) is 0 Å². The molecule has 0 amide bonds. The predicted molar refractivity (Wildman–Crippen MR) is 219 cm³/mol. The Morgan fingerprint density at radius 1 is 0.551 bits per heavy atom. The van der Waals surface area contributed by atoms with E-state index >= 15 is 0 Å². The molecular formula is C45H58N4. The van der Waals surface area contributed by atoms with Crippen LogP contribution < -0.4 is 14.7 Å². The van der Waals surface area contributed by atoms with E-state index in [9.17, 15) is 0 Å². The Bertz CT molecular complexity index is 1560. The predicted octanol–water partition coefficient (Wildman–Crippen LogP) is 11.0. The Hall–Kier alpha value is -4.57. The summed E-state index contributed by atoms with van der Waals surface area (Å²) in [5, 5.41) is 0. The highest BCUT2D eigenvalue weighted by atomic mass is 15.1. The Balaban J connectivity index is 1.80. The van der Waals surface area contributed by atoms with E-state index in [1.165, 1.54) is 50.5 Å². The molecule has 3 aromatic rings. The summed E-state index contributed by atoms with van der Waals surface area (Å²) >= 11 is 0. The molecular weight excluding hydrogens is 597 g/mol. The van der Waals surface area contributed by atoms with Crippen molar-refractivity contribution < 1.29 is 0 Å². The van der Waals surface area contributed by atoms with Gasteiger partial charge in [0.05, 0.1) is 5.71 Å². The van der Waals surface area contributed by atoms with E-state index in [0.717, 1.165) is 51.4 Å². The highest BCUT2D eigenvalue weighted by Gasteiger charge is 2.11. The average Bonchev–Trinajstić information content (AvgIpc) is 3.15. The Kier molecular flexibility index (Phi) is 14.3. The lowest BCUT2D eigenvalue weighted by Crippen LogP contribution is -2.21. The topological polar surface area (TPSA) is 22.1 Å². The van der Waals surface area contributed by atoms with E-state index < -0.39 is 0 Å². The van der Waals surface area contributed by atoms with Crippen molar-refractivity contribution in [3.8, 4) is 0 Å². The SMILES string of the molecule is CCC(C)N=C1C=CC(=C(C=CC=C(c2ccc(N(CC)CC)cc2)c2ccc(N(CC)CC)cc2)c2ccc(N(CC)CC)cc2)C=C1. The fourth-order valence-electron chi connectivity index (χ4n) is 6.35. The molecule has 4 heteroatoms. The second-order valence-electron chi connectivity index (χ2n) is 12.4. The van der Waals surface area contributed by atoms with Gasteiger partial charge in [-0.2, -0.15) is 0 Å². The van der Waals surface area contributed by atoms with E-state index in [1.54, 1.807) is 0 Å². The van der Waals surface area contributed by atoms with Gasteiger partial charge < -0.3 is 14.7 Å². The summed E-state index contributed by atoms with van der Waals surface area (Å²) in [6.45, 7) is 23.6. The van der Waals surface area contributed by atoms with Gasteiger partial charge in [-0.05, 0) is 137 Å². The third kappa shape index (κ3) is 9.75. The number of allylic oxidation sites excluding steroid dienone is 9. The van der Waals surface area contributed by atoms with Crippen LogP contribution in [0.5, 0.6) is 0 Å². The molecule has 0 fully saturated rings. The molecule has 1 unspecified atom stereocenters. The van der Waals surface area contributed by atoms with Crippen LogP contribution in [0.1, 0.15) is 78.5 Å². The highest BCUT2D eigenvalue weighted by molar-refractivity contribution is 6.07. The minimum absolute atomic E-state index is 0.313. The molecule has 3 aromatic carbocycles. The number of anilines is 3. The molecule has 0 spiro atoms. The molecule has 1 aliphatic carbocycles. The molecule has 0 saturated heterocycles. The number of hydrogen-bond acceptors (Lipinski definition) is 4. The van der Waals surface area contributed by atoms with Gasteiger partial charge in [-0.1, -0.05) is 73.7 Å².